The lowest BCUT2D eigenvalue weighted by Gasteiger charge is -2.23. The third-order valence-corrected chi connectivity index (χ3v) is 4.65. The molecule has 30 heavy (non-hydrogen) atoms. The number of benzene rings is 2. The number of carbonyl (C=O) groups is 2. The van der Waals surface area contributed by atoms with E-state index in [4.69, 9.17) is 23.7 Å². The Hall–Kier alpha value is -3.42. The number of hydrogen-bond donors (Lipinski definition) is 0. The van der Waals surface area contributed by atoms with Gasteiger partial charge in [-0.25, -0.2) is 0 Å². The second-order valence-electron chi connectivity index (χ2n) is 6.70. The van der Waals surface area contributed by atoms with Crippen LogP contribution in [0.5, 0.6) is 23.0 Å². The fourth-order valence-electron chi connectivity index (χ4n) is 3.11. The smallest absolute Gasteiger partial charge is 0.325 e. The van der Waals surface area contributed by atoms with Crippen LogP contribution in [-0.4, -0.2) is 57.9 Å². The first kappa shape index (κ1) is 21.3. The molecule has 0 saturated carbocycles. The Morgan fingerprint density at radius 3 is 2.20 bits per heavy atom. The van der Waals surface area contributed by atoms with Crippen LogP contribution in [0.2, 0.25) is 0 Å². The summed E-state index contributed by atoms with van der Waals surface area (Å²) in [4.78, 5) is 26.4. The lowest BCUT2D eigenvalue weighted by Crippen LogP contribution is -2.36. The van der Waals surface area contributed by atoms with Crippen molar-refractivity contribution in [3.05, 3.63) is 47.5 Å². The predicted molar refractivity (Wildman–Crippen MR) is 108 cm³/mol. The number of rotatable bonds is 8. The third-order valence-electron chi connectivity index (χ3n) is 4.65. The second-order valence-corrected chi connectivity index (χ2v) is 6.70. The summed E-state index contributed by atoms with van der Waals surface area (Å²) in [6, 6.07) is 10.7. The molecule has 0 aromatic heterocycles. The van der Waals surface area contributed by atoms with Crippen LogP contribution >= 0.6 is 0 Å². The van der Waals surface area contributed by atoms with E-state index in [0.29, 0.717) is 36.2 Å². The van der Waals surface area contributed by atoms with Crippen LogP contribution in [0.4, 0.5) is 0 Å². The molecule has 0 bridgehead atoms. The van der Waals surface area contributed by atoms with Gasteiger partial charge in [0.15, 0.2) is 11.5 Å². The molecular formula is C22H25NO7. The van der Waals surface area contributed by atoms with Gasteiger partial charge in [-0.15, -0.1) is 0 Å². The minimum atomic E-state index is -0.500. The molecule has 0 fully saturated rings. The molecule has 1 amide bonds. The Balaban J connectivity index is 1.79. The fourth-order valence-corrected chi connectivity index (χ4v) is 3.11. The normalized spacial score (nSPS) is 12.1. The fraction of sp³-hybridized carbons (Fsp3) is 0.364. The Kier molecular flexibility index (Phi) is 7.00. The molecule has 0 unspecified atom stereocenters. The summed E-state index contributed by atoms with van der Waals surface area (Å²) in [5, 5.41) is 0. The Morgan fingerprint density at radius 1 is 0.900 bits per heavy atom. The minimum absolute atomic E-state index is 0.106. The minimum Gasteiger partial charge on any atom is -0.497 e. The molecule has 160 valence electrons. The zero-order valence-corrected chi connectivity index (χ0v) is 17.3. The highest BCUT2D eigenvalue weighted by atomic mass is 16.6. The van der Waals surface area contributed by atoms with Gasteiger partial charge in [0.25, 0.3) is 0 Å². The highest BCUT2D eigenvalue weighted by molar-refractivity contribution is 5.83. The summed E-state index contributed by atoms with van der Waals surface area (Å²) in [7, 11) is 4.40. The van der Waals surface area contributed by atoms with Gasteiger partial charge in [0.2, 0.25) is 5.91 Å². The first-order chi connectivity index (χ1) is 14.5. The standard InChI is InChI=1S/C22H25NO7/c1-26-17-8-16(9-18(12-17)27-2)13-23(14-22(25)28-3)21(24)11-15-4-5-19-20(10-15)30-7-6-29-19/h4-5,8-10,12H,6-7,11,13-14H2,1-3H3. The van der Waals surface area contributed by atoms with Crippen LogP contribution in [0, 0.1) is 0 Å². The quantitative estimate of drug-likeness (QED) is 0.612. The first-order valence-corrected chi connectivity index (χ1v) is 9.47. The van der Waals surface area contributed by atoms with Crippen molar-refractivity contribution in [2.45, 2.75) is 13.0 Å². The van der Waals surface area contributed by atoms with Gasteiger partial charge >= 0.3 is 5.97 Å². The van der Waals surface area contributed by atoms with E-state index in [1.54, 1.807) is 44.6 Å². The molecule has 3 rings (SSSR count). The number of fused-ring (bicyclic) bond motifs is 1. The van der Waals surface area contributed by atoms with E-state index in [1.165, 1.54) is 12.0 Å². The Labute approximate surface area is 175 Å². The SMILES string of the molecule is COC(=O)CN(Cc1cc(OC)cc(OC)c1)C(=O)Cc1ccc2c(c1)OCCO2. The van der Waals surface area contributed by atoms with Crippen molar-refractivity contribution in [1.29, 1.82) is 0 Å². The topological polar surface area (TPSA) is 83.5 Å². The highest BCUT2D eigenvalue weighted by Gasteiger charge is 2.20. The van der Waals surface area contributed by atoms with E-state index in [-0.39, 0.29) is 25.4 Å². The van der Waals surface area contributed by atoms with E-state index in [2.05, 4.69) is 0 Å². The maximum atomic E-state index is 13.0. The monoisotopic (exact) mass is 415 g/mol. The van der Waals surface area contributed by atoms with Gasteiger partial charge in [-0.05, 0) is 35.4 Å². The van der Waals surface area contributed by atoms with E-state index < -0.39 is 5.97 Å². The summed E-state index contributed by atoms with van der Waals surface area (Å²) in [6.07, 6.45) is 0.106. The van der Waals surface area contributed by atoms with Gasteiger partial charge < -0.3 is 28.6 Å². The zero-order valence-electron chi connectivity index (χ0n) is 17.3. The predicted octanol–water partition coefficient (Wildman–Crippen LogP) is 2.22. The largest absolute Gasteiger partial charge is 0.497 e. The molecule has 1 aliphatic heterocycles. The molecular weight excluding hydrogens is 390 g/mol. The van der Waals surface area contributed by atoms with Crippen molar-refractivity contribution in [3.8, 4) is 23.0 Å². The van der Waals surface area contributed by atoms with Crippen LogP contribution in [0.3, 0.4) is 0 Å². The molecule has 8 heteroatoms. The summed E-state index contributed by atoms with van der Waals surface area (Å²) >= 11 is 0. The number of carbonyl (C=O) groups excluding carboxylic acids is 2. The Bertz CT molecular complexity index is 890. The molecule has 0 saturated heterocycles. The molecule has 0 spiro atoms. The number of esters is 1. The summed E-state index contributed by atoms with van der Waals surface area (Å²) in [5.74, 6) is 1.75. The van der Waals surface area contributed by atoms with E-state index in [9.17, 15) is 9.59 Å². The average Bonchev–Trinajstić information content (AvgIpc) is 2.78. The van der Waals surface area contributed by atoms with Crippen molar-refractivity contribution in [2.75, 3.05) is 41.1 Å². The van der Waals surface area contributed by atoms with Gasteiger partial charge in [-0.2, -0.15) is 0 Å². The maximum absolute atomic E-state index is 13.0. The molecule has 0 N–H and O–H groups in total. The van der Waals surface area contributed by atoms with Gasteiger partial charge in [-0.3, -0.25) is 9.59 Å². The Morgan fingerprint density at radius 2 is 1.57 bits per heavy atom. The molecule has 0 atom stereocenters. The molecule has 8 nitrogen and oxygen atoms in total. The van der Waals surface area contributed by atoms with Crippen LogP contribution in [0.15, 0.2) is 36.4 Å². The lowest BCUT2D eigenvalue weighted by atomic mass is 10.1. The summed E-state index contributed by atoms with van der Waals surface area (Å²) in [5.41, 5.74) is 1.54. The van der Waals surface area contributed by atoms with E-state index in [1.807, 2.05) is 6.07 Å². The lowest BCUT2D eigenvalue weighted by molar-refractivity contribution is -0.147. The molecule has 0 aliphatic carbocycles. The van der Waals surface area contributed by atoms with Crippen molar-refractivity contribution < 1.29 is 33.3 Å². The summed E-state index contributed by atoms with van der Waals surface area (Å²) in [6.45, 7) is 1.00. The maximum Gasteiger partial charge on any atom is 0.325 e. The molecule has 2 aromatic carbocycles. The van der Waals surface area contributed by atoms with Crippen molar-refractivity contribution >= 4 is 11.9 Å². The van der Waals surface area contributed by atoms with Crippen LogP contribution in [0.1, 0.15) is 11.1 Å². The number of ether oxygens (including phenoxy) is 5. The van der Waals surface area contributed by atoms with Crippen molar-refractivity contribution in [2.24, 2.45) is 0 Å². The van der Waals surface area contributed by atoms with Crippen molar-refractivity contribution in [1.82, 2.24) is 4.90 Å². The molecule has 1 aliphatic rings. The average molecular weight is 415 g/mol. The third kappa shape index (κ3) is 5.34. The van der Waals surface area contributed by atoms with Crippen LogP contribution in [0.25, 0.3) is 0 Å². The van der Waals surface area contributed by atoms with E-state index >= 15 is 0 Å². The molecule has 2 aromatic rings. The summed E-state index contributed by atoms with van der Waals surface area (Å²) < 4.78 is 26.4. The second kappa shape index (κ2) is 9.87. The number of methoxy groups -OCH3 is 3. The van der Waals surface area contributed by atoms with Gasteiger partial charge in [-0.1, -0.05) is 6.07 Å². The van der Waals surface area contributed by atoms with Gasteiger partial charge in [0, 0.05) is 12.6 Å². The van der Waals surface area contributed by atoms with Gasteiger partial charge in [0.1, 0.15) is 31.3 Å². The number of amides is 1. The van der Waals surface area contributed by atoms with Gasteiger partial charge in [0.05, 0.1) is 27.8 Å². The van der Waals surface area contributed by atoms with Crippen molar-refractivity contribution in [3.63, 3.8) is 0 Å². The molecule has 0 radical (unpaired) electrons. The first-order valence-electron chi connectivity index (χ1n) is 9.47. The van der Waals surface area contributed by atoms with Crippen LogP contribution < -0.4 is 18.9 Å². The van der Waals surface area contributed by atoms with Crippen LogP contribution in [-0.2, 0) is 27.3 Å². The number of hydrogen-bond acceptors (Lipinski definition) is 7. The molecule has 1 heterocycles. The highest BCUT2D eigenvalue weighted by Crippen LogP contribution is 2.31. The van der Waals surface area contributed by atoms with E-state index in [0.717, 1.165) is 11.1 Å². The number of nitrogens with zero attached hydrogens (tertiary/aromatic N) is 1. The zero-order chi connectivity index (χ0) is 21.5.